The van der Waals surface area contributed by atoms with Gasteiger partial charge in [-0.25, -0.2) is 10.2 Å². The largest absolute Gasteiger partial charge is 0.335 e. The van der Waals surface area contributed by atoms with Crippen molar-refractivity contribution in [2.45, 2.75) is 26.3 Å². The Kier molecular flexibility index (Phi) is 4.05. The number of H-pyrrole nitrogens is 1. The van der Waals surface area contributed by atoms with Crippen molar-refractivity contribution >= 4 is 28.2 Å². The normalized spacial score (nSPS) is 11.8. The van der Waals surface area contributed by atoms with E-state index in [-0.39, 0.29) is 11.6 Å². The molecule has 0 aromatic carbocycles. The van der Waals surface area contributed by atoms with Crippen LogP contribution >= 0.6 is 15.9 Å². The van der Waals surface area contributed by atoms with Crippen LogP contribution in [0, 0.1) is 0 Å². The molecule has 0 aliphatic carbocycles. The molecule has 1 heterocycles. The summed E-state index contributed by atoms with van der Waals surface area (Å²) < 4.78 is 0.786. The smallest absolute Gasteiger partial charge is 0.332 e. The van der Waals surface area contributed by atoms with Crippen molar-refractivity contribution < 1.29 is 4.79 Å². The molecule has 6 nitrogen and oxygen atoms in total. The molecule has 0 spiro atoms. The lowest BCUT2D eigenvalue weighted by Crippen LogP contribution is -2.44. The number of amides is 2. The number of hydrazone groups is 1. The second-order valence-electron chi connectivity index (χ2n) is 4.21. The number of halogens is 1. The molecule has 0 fully saturated rings. The summed E-state index contributed by atoms with van der Waals surface area (Å²) in [7, 11) is 0. The van der Waals surface area contributed by atoms with E-state index in [4.69, 9.17) is 0 Å². The van der Waals surface area contributed by atoms with Crippen molar-refractivity contribution in [2.75, 3.05) is 0 Å². The van der Waals surface area contributed by atoms with E-state index >= 15 is 0 Å². The summed E-state index contributed by atoms with van der Waals surface area (Å²) in [6.07, 6.45) is 3.08. The van der Waals surface area contributed by atoms with E-state index in [2.05, 4.69) is 42.0 Å². The topological polar surface area (TPSA) is 82.2 Å². The second kappa shape index (κ2) is 5.11. The van der Waals surface area contributed by atoms with Gasteiger partial charge in [-0.15, -0.1) is 0 Å². The molecule has 0 saturated heterocycles. The van der Waals surface area contributed by atoms with Crippen molar-refractivity contribution in [3.8, 4) is 0 Å². The van der Waals surface area contributed by atoms with Crippen LogP contribution in [0.25, 0.3) is 0 Å². The fraction of sp³-hybridized carbons (Fsp3) is 0.444. The summed E-state index contributed by atoms with van der Waals surface area (Å²) in [4.78, 5) is 11.3. The van der Waals surface area contributed by atoms with E-state index in [1.165, 1.54) is 6.21 Å². The van der Waals surface area contributed by atoms with Gasteiger partial charge in [-0.05, 0) is 36.7 Å². The highest BCUT2D eigenvalue weighted by Crippen LogP contribution is 2.09. The number of nitrogens with zero attached hydrogens (tertiary/aromatic N) is 2. The van der Waals surface area contributed by atoms with Gasteiger partial charge in [0, 0.05) is 5.54 Å². The van der Waals surface area contributed by atoms with Crippen LogP contribution in [0.3, 0.4) is 0 Å². The summed E-state index contributed by atoms with van der Waals surface area (Å²) in [5.41, 5.74) is 2.76. The molecule has 0 saturated carbocycles. The molecule has 88 valence electrons. The van der Waals surface area contributed by atoms with Gasteiger partial charge < -0.3 is 5.32 Å². The minimum Gasteiger partial charge on any atom is -0.332 e. The molecule has 1 rings (SSSR count). The van der Waals surface area contributed by atoms with Crippen molar-refractivity contribution in [1.29, 1.82) is 0 Å². The van der Waals surface area contributed by atoms with Gasteiger partial charge in [0.1, 0.15) is 0 Å². The average molecular weight is 288 g/mol. The van der Waals surface area contributed by atoms with Crippen LogP contribution in [0.4, 0.5) is 4.79 Å². The van der Waals surface area contributed by atoms with E-state index in [1.807, 2.05) is 20.8 Å². The molecular weight excluding hydrogens is 274 g/mol. The number of carbonyl (C=O) groups is 1. The molecule has 2 amide bonds. The zero-order chi connectivity index (χ0) is 12.2. The van der Waals surface area contributed by atoms with Crippen molar-refractivity contribution in [1.82, 2.24) is 20.9 Å². The van der Waals surface area contributed by atoms with E-state index in [0.29, 0.717) is 5.69 Å². The summed E-state index contributed by atoms with van der Waals surface area (Å²) in [5, 5.41) is 13.0. The quantitative estimate of drug-likeness (QED) is 0.570. The lowest BCUT2D eigenvalue weighted by molar-refractivity contribution is 0.232. The van der Waals surface area contributed by atoms with Gasteiger partial charge in [-0.3, -0.25) is 5.10 Å². The Balaban J connectivity index is 2.44. The van der Waals surface area contributed by atoms with Gasteiger partial charge in [-0.2, -0.15) is 10.2 Å². The molecule has 0 atom stereocenters. The van der Waals surface area contributed by atoms with Crippen molar-refractivity contribution in [3.63, 3.8) is 0 Å². The van der Waals surface area contributed by atoms with Gasteiger partial charge >= 0.3 is 6.03 Å². The van der Waals surface area contributed by atoms with E-state index in [0.717, 1.165) is 4.47 Å². The lowest BCUT2D eigenvalue weighted by Gasteiger charge is -2.19. The third-order valence-electron chi connectivity index (χ3n) is 1.47. The average Bonchev–Trinajstić information content (AvgIpc) is 2.48. The van der Waals surface area contributed by atoms with Gasteiger partial charge in [0.15, 0.2) is 0 Å². The van der Waals surface area contributed by atoms with Gasteiger partial charge in [0.2, 0.25) is 0 Å². The van der Waals surface area contributed by atoms with Crippen LogP contribution in [0.15, 0.2) is 15.8 Å². The molecule has 0 aliphatic rings. The Labute approximate surface area is 102 Å². The van der Waals surface area contributed by atoms with E-state index < -0.39 is 0 Å². The van der Waals surface area contributed by atoms with Crippen LogP contribution in [0.5, 0.6) is 0 Å². The Morgan fingerprint density at radius 2 is 2.31 bits per heavy atom. The van der Waals surface area contributed by atoms with Gasteiger partial charge in [0.05, 0.1) is 22.6 Å². The number of nitrogens with one attached hydrogen (secondary N) is 3. The van der Waals surface area contributed by atoms with E-state index in [1.54, 1.807) is 6.20 Å². The Hall–Kier alpha value is -1.37. The highest BCUT2D eigenvalue weighted by Gasteiger charge is 2.12. The first-order valence-electron chi connectivity index (χ1n) is 4.68. The molecule has 0 bridgehead atoms. The number of hydrogen-bond donors (Lipinski definition) is 3. The third-order valence-corrected chi connectivity index (χ3v) is 2.10. The third kappa shape index (κ3) is 4.43. The second-order valence-corrected chi connectivity index (χ2v) is 5.06. The van der Waals surface area contributed by atoms with Crippen LogP contribution in [0.1, 0.15) is 26.5 Å². The summed E-state index contributed by atoms with van der Waals surface area (Å²) >= 11 is 3.27. The molecule has 1 aromatic rings. The molecule has 0 radical (unpaired) electrons. The molecule has 0 unspecified atom stereocenters. The molecular formula is C9H14BrN5O. The Bertz CT molecular complexity index is 393. The first-order valence-corrected chi connectivity index (χ1v) is 5.48. The predicted molar refractivity (Wildman–Crippen MR) is 65.3 cm³/mol. The number of aromatic amines is 1. The van der Waals surface area contributed by atoms with Gasteiger partial charge in [-0.1, -0.05) is 0 Å². The molecule has 7 heteroatoms. The van der Waals surface area contributed by atoms with Crippen LogP contribution in [0.2, 0.25) is 0 Å². The number of urea groups is 1. The number of rotatable bonds is 2. The zero-order valence-electron chi connectivity index (χ0n) is 9.34. The predicted octanol–water partition coefficient (Wildman–Crippen LogP) is 1.60. The number of hydrogen-bond acceptors (Lipinski definition) is 3. The van der Waals surface area contributed by atoms with Crippen molar-refractivity contribution in [2.24, 2.45) is 5.10 Å². The maximum absolute atomic E-state index is 11.3. The molecule has 0 aliphatic heterocycles. The van der Waals surface area contributed by atoms with Gasteiger partial charge in [0.25, 0.3) is 0 Å². The van der Waals surface area contributed by atoms with Crippen molar-refractivity contribution in [3.05, 3.63) is 16.4 Å². The van der Waals surface area contributed by atoms with Crippen LogP contribution in [-0.2, 0) is 0 Å². The lowest BCUT2D eigenvalue weighted by atomic mass is 10.1. The first-order chi connectivity index (χ1) is 7.38. The first kappa shape index (κ1) is 12.7. The highest BCUT2D eigenvalue weighted by molar-refractivity contribution is 9.10. The van der Waals surface area contributed by atoms with Crippen LogP contribution < -0.4 is 10.7 Å². The monoisotopic (exact) mass is 287 g/mol. The molecule has 1 aromatic heterocycles. The zero-order valence-corrected chi connectivity index (χ0v) is 10.9. The maximum Gasteiger partial charge on any atom is 0.335 e. The van der Waals surface area contributed by atoms with Crippen LogP contribution in [-0.4, -0.2) is 28.0 Å². The molecule has 16 heavy (non-hydrogen) atoms. The fourth-order valence-corrected chi connectivity index (χ4v) is 1.19. The summed E-state index contributed by atoms with van der Waals surface area (Å²) in [6.45, 7) is 5.67. The summed E-state index contributed by atoms with van der Waals surface area (Å²) in [5.74, 6) is 0. The van der Waals surface area contributed by atoms with E-state index in [9.17, 15) is 4.79 Å². The minimum absolute atomic E-state index is 0.284. The SMILES string of the molecule is CC(C)(C)NC(=O)N/N=C\c1[nH]ncc1Br. The number of aromatic nitrogens is 2. The molecule has 3 N–H and O–H groups in total. The summed E-state index contributed by atoms with van der Waals surface area (Å²) in [6, 6.07) is -0.348. The Morgan fingerprint density at radius 1 is 1.62 bits per heavy atom. The fourth-order valence-electron chi connectivity index (χ4n) is 0.896. The number of carbonyl (C=O) groups excluding carboxylic acids is 1. The Morgan fingerprint density at radius 3 is 2.81 bits per heavy atom. The maximum atomic E-state index is 11.3. The standard InChI is InChI=1S/C9H14BrN5O/c1-9(2,3)13-8(16)15-12-5-7-6(10)4-11-14-7/h4-5H,1-3H3,(H,11,14)(H2,13,15,16)/b12-5-. The minimum atomic E-state index is -0.348. The highest BCUT2D eigenvalue weighted by atomic mass is 79.9.